The van der Waals surface area contributed by atoms with Crippen molar-refractivity contribution in [3.05, 3.63) is 39.7 Å². The molecule has 28 heavy (non-hydrogen) atoms. The molecular weight excluding hydrogens is 372 g/mol. The second kappa shape index (κ2) is 6.66. The Kier molecular flexibility index (Phi) is 4.41. The fourth-order valence-corrected chi connectivity index (χ4v) is 3.76. The summed E-state index contributed by atoms with van der Waals surface area (Å²) in [6.45, 7) is 0.118. The van der Waals surface area contributed by atoms with Crippen LogP contribution in [0.2, 0.25) is 0 Å². The van der Waals surface area contributed by atoms with Crippen LogP contribution in [-0.2, 0) is 4.79 Å². The molecule has 0 spiro atoms. The van der Waals surface area contributed by atoms with Gasteiger partial charge in [0.05, 0.1) is 16.9 Å². The molecule has 3 N–H and O–H groups in total. The van der Waals surface area contributed by atoms with Gasteiger partial charge in [-0.1, -0.05) is 0 Å². The summed E-state index contributed by atoms with van der Waals surface area (Å²) in [5, 5.41) is 8.93. The third kappa shape index (κ3) is 2.86. The molecule has 1 amide bonds. The number of carboxylic acid groups (broad SMARTS) is 1. The summed E-state index contributed by atoms with van der Waals surface area (Å²) < 4.78 is 31.8. The Morgan fingerprint density at radius 1 is 1.18 bits per heavy atom. The Morgan fingerprint density at radius 2 is 1.89 bits per heavy atom. The van der Waals surface area contributed by atoms with Crippen LogP contribution in [0, 0.1) is 11.6 Å². The number of benzene rings is 1. The Labute approximate surface area is 158 Å². The molecule has 1 aliphatic heterocycles. The van der Waals surface area contributed by atoms with Crippen molar-refractivity contribution < 1.29 is 23.5 Å². The Balaban J connectivity index is 2.01. The molecule has 2 heterocycles. The molecule has 2 aromatic rings. The number of carbonyl (C=O) groups excluding carboxylic acids is 1. The number of hydrogen-bond donors (Lipinski definition) is 2. The van der Waals surface area contributed by atoms with Gasteiger partial charge in [0.25, 0.3) is 0 Å². The number of aromatic carboxylic acids is 1. The zero-order chi connectivity index (χ0) is 20.2. The van der Waals surface area contributed by atoms with Crippen LogP contribution in [-0.4, -0.2) is 34.1 Å². The summed E-state index contributed by atoms with van der Waals surface area (Å²) >= 11 is 0. The number of aromatic nitrogens is 1. The lowest BCUT2D eigenvalue weighted by atomic mass is 10.1. The van der Waals surface area contributed by atoms with Gasteiger partial charge in [-0.05, 0) is 38.2 Å². The summed E-state index contributed by atoms with van der Waals surface area (Å²) in [5.74, 6) is -4.16. The molecule has 0 radical (unpaired) electrons. The number of carboxylic acids is 1. The maximum atomic E-state index is 15.5. The third-order valence-electron chi connectivity index (χ3n) is 5.35. The lowest BCUT2D eigenvalue weighted by Crippen LogP contribution is -2.43. The molecule has 2 fully saturated rings. The van der Waals surface area contributed by atoms with Crippen molar-refractivity contribution in [2.24, 2.45) is 5.73 Å². The summed E-state index contributed by atoms with van der Waals surface area (Å²) in [5.41, 5.74) is 3.61. The van der Waals surface area contributed by atoms with Crippen molar-refractivity contribution in [3.63, 3.8) is 0 Å². The zero-order valence-electron chi connectivity index (χ0n) is 15.0. The third-order valence-corrected chi connectivity index (χ3v) is 5.35. The molecule has 148 valence electrons. The number of amides is 1. The van der Waals surface area contributed by atoms with E-state index in [1.807, 2.05) is 0 Å². The molecule has 1 aromatic carbocycles. The van der Waals surface area contributed by atoms with Crippen LogP contribution >= 0.6 is 0 Å². The van der Waals surface area contributed by atoms with Gasteiger partial charge in [0.2, 0.25) is 11.3 Å². The number of pyridine rings is 1. The van der Waals surface area contributed by atoms with Crippen LogP contribution in [0.3, 0.4) is 0 Å². The first-order valence-electron chi connectivity index (χ1n) is 9.18. The molecule has 1 atom stereocenters. The molecule has 2 aliphatic rings. The van der Waals surface area contributed by atoms with E-state index in [-0.39, 0.29) is 23.5 Å². The molecule has 9 heteroatoms. The normalized spacial score (nSPS) is 20.5. The number of fused-ring (bicyclic) bond motifs is 1. The van der Waals surface area contributed by atoms with E-state index in [4.69, 9.17) is 5.73 Å². The minimum absolute atomic E-state index is 0.118. The number of nitrogens with two attached hydrogens (primary N) is 1. The standard InChI is InChI=1S/C19H19F2N3O4/c20-12-7-10-15(24(9-4-5-9)8-11(17(10)25)19(27)28)14(21)16(12)23-6-2-1-3-13(22)18(23)26/h7-9,13H,1-6,22H2,(H,27,28)/t13-/m0/s1. The molecule has 7 nitrogen and oxygen atoms in total. The van der Waals surface area contributed by atoms with Gasteiger partial charge >= 0.3 is 5.97 Å². The van der Waals surface area contributed by atoms with Crippen molar-refractivity contribution in [2.75, 3.05) is 11.4 Å². The predicted octanol–water partition coefficient (Wildman–Crippen LogP) is 2.16. The monoisotopic (exact) mass is 391 g/mol. The number of carbonyl (C=O) groups is 2. The van der Waals surface area contributed by atoms with Gasteiger partial charge < -0.3 is 20.3 Å². The highest BCUT2D eigenvalue weighted by molar-refractivity contribution is 6.00. The van der Waals surface area contributed by atoms with Gasteiger partial charge in [-0.15, -0.1) is 0 Å². The van der Waals surface area contributed by atoms with E-state index in [9.17, 15) is 23.9 Å². The molecule has 1 aliphatic carbocycles. The van der Waals surface area contributed by atoms with Crippen LogP contribution in [0.1, 0.15) is 48.5 Å². The molecule has 1 aromatic heterocycles. The van der Waals surface area contributed by atoms with Crippen molar-refractivity contribution in [3.8, 4) is 0 Å². The number of halogens is 2. The van der Waals surface area contributed by atoms with Crippen LogP contribution in [0.4, 0.5) is 14.5 Å². The Morgan fingerprint density at radius 3 is 2.54 bits per heavy atom. The van der Waals surface area contributed by atoms with E-state index in [2.05, 4.69) is 0 Å². The minimum atomic E-state index is -1.46. The largest absolute Gasteiger partial charge is 0.477 e. The molecule has 0 bridgehead atoms. The average molecular weight is 391 g/mol. The van der Waals surface area contributed by atoms with E-state index in [1.54, 1.807) is 0 Å². The smallest absolute Gasteiger partial charge is 0.341 e. The second-order valence-electron chi connectivity index (χ2n) is 7.32. The number of rotatable bonds is 3. The predicted molar refractivity (Wildman–Crippen MR) is 97.5 cm³/mol. The van der Waals surface area contributed by atoms with Gasteiger partial charge in [0.15, 0.2) is 11.6 Å². The molecular formula is C19H19F2N3O4. The molecule has 4 rings (SSSR count). The summed E-state index contributed by atoms with van der Waals surface area (Å²) in [6.07, 6.45) is 4.12. The van der Waals surface area contributed by atoms with Crippen LogP contribution in [0.25, 0.3) is 10.9 Å². The minimum Gasteiger partial charge on any atom is -0.477 e. The molecule has 0 unspecified atom stereocenters. The second-order valence-corrected chi connectivity index (χ2v) is 7.32. The van der Waals surface area contributed by atoms with Crippen LogP contribution in [0.5, 0.6) is 0 Å². The van der Waals surface area contributed by atoms with Gasteiger partial charge in [0, 0.05) is 18.8 Å². The number of hydrogen-bond acceptors (Lipinski definition) is 4. The topological polar surface area (TPSA) is 106 Å². The van der Waals surface area contributed by atoms with Crippen LogP contribution < -0.4 is 16.1 Å². The average Bonchev–Trinajstić information content (AvgIpc) is 3.48. The fraction of sp³-hybridized carbons (Fsp3) is 0.421. The van der Waals surface area contributed by atoms with Gasteiger partial charge in [-0.2, -0.15) is 0 Å². The summed E-state index contributed by atoms with van der Waals surface area (Å²) in [6, 6.07) is -0.196. The van der Waals surface area contributed by atoms with Gasteiger partial charge in [0.1, 0.15) is 11.3 Å². The van der Waals surface area contributed by atoms with Gasteiger partial charge in [-0.25, -0.2) is 13.6 Å². The maximum Gasteiger partial charge on any atom is 0.341 e. The van der Waals surface area contributed by atoms with E-state index in [1.165, 1.54) is 4.57 Å². The zero-order valence-corrected chi connectivity index (χ0v) is 15.0. The van der Waals surface area contributed by atoms with E-state index in [0.29, 0.717) is 32.1 Å². The maximum absolute atomic E-state index is 15.5. The molecule has 1 saturated carbocycles. The highest BCUT2D eigenvalue weighted by Crippen LogP contribution is 2.40. The lowest BCUT2D eigenvalue weighted by molar-refractivity contribution is -0.119. The van der Waals surface area contributed by atoms with E-state index < -0.39 is 46.2 Å². The van der Waals surface area contributed by atoms with Crippen molar-refractivity contribution in [1.82, 2.24) is 4.57 Å². The quantitative estimate of drug-likeness (QED) is 0.834. The SMILES string of the molecule is N[C@H]1CCCCN(c2c(F)cc3c(=O)c(C(=O)O)cn(C4CC4)c3c2F)C1=O. The first-order valence-corrected chi connectivity index (χ1v) is 9.18. The first-order chi connectivity index (χ1) is 13.3. The highest BCUT2D eigenvalue weighted by Gasteiger charge is 2.34. The lowest BCUT2D eigenvalue weighted by Gasteiger charge is -2.25. The van der Waals surface area contributed by atoms with Crippen molar-refractivity contribution >= 4 is 28.5 Å². The van der Waals surface area contributed by atoms with Crippen LogP contribution in [0.15, 0.2) is 17.1 Å². The van der Waals surface area contributed by atoms with E-state index >= 15 is 4.39 Å². The van der Waals surface area contributed by atoms with Crippen molar-refractivity contribution in [2.45, 2.75) is 44.2 Å². The van der Waals surface area contributed by atoms with Crippen molar-refractivity contribution in [1.29, 1.82) is 0 Å². The fourth-order valence-electron chi connectivity index (χ4n) is 3.76. The Bertz CT molecular complexity index is 1060. The molecule has 1 saturated heterocycles. The van der Waals surface area contributed by atoms with E-state index in [0.717, 1.165) is 17.2 Å². The summed E-state index contributed by atoms with van der Waals surface area (Å²) in [4.78, 5) is 37.5. The summed E-state index contributed by atoms with van der Waals surface area (Å²) in [7, 11) is 0. The first kappa shape index (κ1) is 18.5. The Hall–Kier alpha value is -2.81. The highest BCUT2D eigenvalue weighted by atomic mass is 19.1. The van der Waals surface area contributed by atoms with Gasteiger partial charge in [-0.3, -0.25) is 9.59 Å². The number of anilines is 1. The number of nitrogens with zero attached hydrogens (tertiary/aromatic N) is 2.